The average molecular weight is 458 g/mol. The smallest absolute Gasteiger partial charge is 0.178 e. The van der Waals surface area contributed by atoms with Crippen LogP contribution in [0, 0.1) is 0 Å². The lowest BCUT2D eigenvalue weighted by molar-refractivity contribution is 0.413. The number of hydrogen-bond donors (Lipinski definition) is 1. The van der Waals surface area contributed by atoms with Crippen LogP contribution >= 0.6 is 35.1 Å². The third kappa shape index (κ3) is 4.54. The van der Waals surface area contributed by atoms with Crippen molar-refractivity contribution in [3.63, 3.8) is 0 Å². The van der Waals surface area contributed by atoms with Crippen LogP contribution in [0.15, 0.2) is 81.7 Å². The van der Waals surface area contributed by atoms with Gasteiger partial charge in [0.05, 0.1) is 12.1 Å². The molecule has 0 saturated heterocycles. The summed E-state index contributed by atoms with van der Waals surface area (Å²) in [4.78, 5) is 8.43. The van der Waals surface area contributed by atoms with Crippen LogP contribution < -0.4 is 20.1 Å². The average Bonchev–Trinajstić information content (AvgIpc) is 3.09. The molecule has 2 heterocycles. The summed E-state index contributed by atoms with van der Waals surface area (Å²) in [6, 6.07) is 17.1. The second kappa shape index (κ2) is 9.22. The Balaban J connectivity index is 1.71. The van der Waals surface area contributed by atoms with E-state index in [9.17, 15) is 0 Å². The van der Waals surface area contributed by atoms with E-state index in [4.69, 9.17) is 31.8 Å². The fourth-order valence-electron chi connectivity index (χ4n) is 2.94. The molecule has 3 aromatic rings. The van der Waals surface area contributed by atoms with Gasteiger partial charge in [-0.1, -0.05) is 53.3 Å². The molecule has 30 heavy (non-hydrogen) atoms. The Labute approximate surface area is 189 Å². The zero-order valence-electron chi connectivity index (χ0n) is 16.4. The first-order valence-corrected chi connectivity index (χ1v) is 11.3. The highest BCUT2D eigenvalue weighted by molar-refractivity contribution is 8.03. The number of halogens is 1. The molecule has 0 bridgehead atoms. The van der Waals surface area contributed by atoms with Crippen LogP contribution in [0.5, 0.6) is 17.2 Å². The highest BCUT2D eigenvalue weighted by Gasteiger charge is 2.27. The number of nitrogens with two attached hydrogens (primary N) is 1. The molecule has 1 atom stereocenters. The van der Waals surface area contributed by atoms with Crippen LogP contribution in [-0.2, 0) is 0 Å². The summed E-state index contributed by atoms with van der Waals surface area (Å²) in [5, 5.41) is 2.67. The molecule has 0 fully saturated rings. The normalized spacial score (nSPS) is 15.8. The maximum atomic E-state index is 6.38. The largest absolute Gasteiger partial charge is 0.497 e. The van der Waals surface area contributed by atoms with Crippen LogP contribution in [-0.4, -0.2) is 17.6 Å². The summed E-state index contributed by atoms with van der Waals surface area (Å²) in [6.07, 6.45) is 1.80. The first kappa shape index (κ1) is 20.9. The van der Waals surface area contributed by atoms with E-state index in [0.29, 0.717) is 16.6 Å². The molecule has 1 unspecified atom stereocenters. The first-order chi connectivity index (χ1) is 14.5. The number of methoxy groups -OCH3 is 1. The fraction of sp³-hybridized carbons (Fsp3) is 0.136. The third-order valence-electron chi connectivity index (χ3n) is 4.39. The van der Waals surface area contributed by atoms with E-state index < -0.39 is 0 Å². The van der Waals surface area contributed by atoms with Crippen molar-refractivity contribution in [3.8, 4) is 17.2 Å². The number of para-hydroxylation sites is 1. The number of allylic oxidation sites excluding steroid dienone is 1. The van der Waals surface area contributed by atoms with Crippen LogP contribution in [0.1, 0.15) is 6.92 Å². The number of rotatable bonds is 6. The Morgan fingerprint density at radius 1 is 1.13 bits per heavy atom. The Bertz CT molecular complexity index is 1080. The number of hydrogen-bond acceptors (Lipinski definition) is 7. The molecule has 1 aliphatic rings. The summed E-state index contributed by atoms with van der Waals surface area (Å²) >= 11 is 9.43. The first-order valence-electron chi connectivity index (χ1n) is 9.16. The van der Waals surface area contributed by atoms with Gasteiger partial charge in [-0.15, -0.1) is 0 Å². The van der Waals surface area contributed by atoms with E-state index in [2.05, 4.69) is 0 Å². The number of ether oxygens (including phenoxy) is 2. The van der Waals surface area contributed by atoms with E-state index in [0.717, 1.165) is 27.0 Å². The summed E-state index contributed by atoms with van der Waals surface area (Å²) in [6.45, 7) is 2.01. The van der Waals surface area contributed by atoms with E-state index in [-0.39, 0.29) is 5.50 Å². The van der Waals surface area contributed by atoms with Crippen molar-refractivity contribution in [1.82, 2.24) is 4.98 Å². The summed E-state index contributed by atoms with van der Waals surface area (Å²) < 4.78 is 11.5. The van der Waals surface area contributed by atoms with Crippen molar-refractivity contribution in [1.29, 1.82) is 0 Å². The standard InChI is InChI=1S/C22H20ClN3O2S2/c1-14-13-29-22(24)26(14)21-19(28-15-6-4-3-5-7-15)11-17(12-25-21)30-20-10-16(27-2)8-9-18(20)23/h3-13,22H,24H2,1-2H3. The molecule has 0 amide bonds. The number of anilines is 1. The summed E-state index contributed by atoms with van der Waals surface area (Å²) in [7, 11) is 1.63. The molecule has 4 rings (SSSR count). The highest BCUT2D eigenvalue weighted by Crippen LogP contribution is 2.42. The van der Waals surface area contributed by atoms with Crippen molar-refractivity contribution in [3.05, 3.63) is 76.9 Å². The quantitative estimate of drug-likeness (QED) is 0.463. The van der Waals surface area contributed by atoms with Crippen molar-refractivity contribution in [2.75, 3.05) is 12.0 Å². The van der Waals surface area contributed by atoms with Gasteiger partial charge >= 0.3 is 0 Å². The van der Waals surface area contributed by atoms with Crippen molar-refractivity contribution in [2.24, 2.45) is 5.73 Å². The van der Waals surface area contributed by atoms with Gasteiger partial charge in [-0.3, -0.25) is 0 Å². The minimum Gasteiger partial charge on any atom is -0.497 e. The van der Waals surface area contributed by atoms with Gasteiger partial charge in [0.15, 0.2) is 11.6 Å². The predicted molar refractivity (Wildman–Crippen MR) is 125 cm³/mol. The van der Waals surface area contributed by atoms with Crippen LogP contribution in [0.2, 0.25) is 5.02 Å². The molecule has 5 nitrogen and oxygen atoms in total. The van der Waals surface area contributed by atoms with E-state index in [1.807, 2.05) is 71.8 Å². The lowest BCUT2D eigenvalue weighted by Gasteiger charge is -2.26. The van der Waals surface area contributed by atoms with Gasteiger partial charge < -0.3 is 20.1 Å². The molecule has 2 aromatic carbocycles. The second-order valence-electron chi connectivity index (χ2n) is 6.46. The summed E-state index contributed by atoms with van der Waals surface area (Å²) in [5.74, 6) is 2.76. The molecule has 0 radical (unpaired) electrons. The number of benzene rings is 2. The number of aromatic nitrogens is 1. The number of nitrogens with zero attached hydrogens (tertiary/aromatic N) is 2. The Morgan fingerprint density at radius 2 is 1.93 bits per heavy atom. The van der Waals surface area contributed by atoms with E-state index in [1.54, 1.807) is 25.1 Å². The molecule has 1 aromatic heterocycles. The third-order valence-corrected chi connectivity index (χ3v) is 6.81. The Hall–Kier alpha value is -2.32. The predicted octanol–water partition coefficient (Wildman–Crippen LogP) is 6.34. The number of thioether (sulfide) groups is 1. The Morgan fingerprint density at radius 3 is 2.63 bits per heavy atom. The van der Waals surface area contributed by atoms with Gasteiger partial charge in [-0.25, -0.2) is 4.98 Å². The lowest BCUT2D eigenvalue weighted by atomic mass is 10.3. The van der Waals surface area contributed by atoms with Crippen LogP contribution in [0.25, 0.3) is 0 Å². The SMILES string of the molecule is COc1ccc(Cl)c(Sc2cnc(N3C(C)=CSC3N)c(Oc3ccccc3)c2)c1. The highest BCUT2D eigenvalue weighted by atomic mass is 35.5. The van der Waals surface area contributed by atoms with E-state index >= 15 is 0 Å². The van der Waals surface area contributed by atoms with Crippen molar-refractivity contribution >= 4 is 40.9 Å². The molecule has 154 valence electrons. The van der Waals surface area contributed by atoms with Gasteiger partial charge in [0, 0.05) is 27.8 Å². The minimum atomic E-state index is -0.248. The maximum Gasteiger partial charge on any atom is 0.178 e. The van der Waals surface area contributed by atoms with Gasteiger partial charge in [-0.05, 0) is 42.7 Å². The van der Waals surface area contributed by atoms with Crippen molar-refractivity contribution < 1.29 is 9.47 Å². The molecule has 1 aliphatic heterocycles. The number of pyridine rings is 1. The fourth-order valence-corrected chi connectivity index (χ4v) is 4.87. The Kier molecular flexibility index (Phi) is 6.43. The molecule has 0 aliphatic carbocycles. The zero-order valence-corrected chi connectivity index (χ0v) is 18.8. The molecule has 0 saturated carbocycles. The minimum absolute atomic E-state index is 0.248. The molecular formula is C22H20ClN3O2S2. The maximum absolute atomic E-state index is 6.38. The van der Waals surface area contributed by atoms with Crippen LogP contribution in [0.3, 0.4) is 0 Å². The topological polar surface area (TPSA) is 60.6 Å². The van der Waals surface area contributed by atoms with Crippen molar-refractivity contribution in [2.45, 2.75) is 22.2 Å². The lowest BCUT2D eigenvalue weighted by Crippen LogP contribution is -2.35. The van der Waals surface area contributed by atoms with Gasteiger partial charge in [0.2, 0.25) is 0 Å². The molecule has 2 N–H and O–H groups in total. The molecule has 8 heteroatoms. The van der Waals surface area contributed by atoms with Gasteiger partial charge in [-0.2, -0.15) is 0 Å². The second-order valence-corrected chi connectivity index (χ2v) is 8.98. The molecule has 0 spiro atoms. The van der Waals surface area contributed by atoms with E-state index in [1.165, 1.54) is 11.8 Å². The molecular weight excluding hydrogens is 438 g/mol. The zero-order chi connectivity index (χ0) is 21.1. The van der Waals surface area contributed by atoms with Gasteiger partial charge in [0.1, 0.15) is 17.0 Å². The monoisotopic (exact) mass is 457 g/mol. The summed E-state index contributed by atoms with van der Waals surface area (Å²) in [5.41, 5.74) is 7.06. The van der Waals surface area contributed by atoms with Crippen LogP contribution in [0.4, 0.5) is 5.82 Å². The van der Waals surface area contributed by atoms with Gasteiger partial charge in [0.25, 0.3) is 0 Å².